The largest absolute Gasteiger partial charge is 0.356 e. The third-order valence-electron chi connectivity index (χ3n) is 7.28. The molecule has 1 aromatic heterocycles. The second kappa shape index (κ2) is 11.5. The van der Waals surface area contributed by atoms with Gasteiger partial charge in [-0.15, -0.1) is 0 Å². The molecule has 2 unspecified atom stereocenters. The molecule has 33 heavy (non-hydrogen) atoms. The quantitative estimate of drug-likeness (QED) is 0.399. The molecule has 0 aliphatic carbocycles. The number of benzene rings is 1. The first-order chi connectivity index (χ1) is 16.2. The Morgan fingerprint density at radius 3 is 2.70 bits per heavy atom. The third kappa shape index (κ3) is 6.05. The van der Waals surface area contributed by atoms with E-state index in [1.807, 2.05) is 30.7 Å². The van der Waals surface area contributed by atoms with E-state index in [-0.39, 0.29) is 5.56 Å². The number of aromatic nitrogens is 1. The number of aryl methyl sites for hydroxylation is 1. The maximum absolute atomic E-state index is 12.0. The molecule has 2 fully saturated rings. The van der Waals surface area contributed by atoms with E-state index in [1.165, 1.54) is 31.4 Å². The van der Waals surface area contributed by atoms with Crippen LogP contribution >= 0.6 is 0 Å². The summed E-state index contributed by atoms with van der Waals surface area (Å²) >= 11 is 0. The van der Waals surface area contributed by atoms with Crippen molar-refractivity contribution in [2.45, 2.75) is 58.2 Å². The highest BCUT2D eigenvalue weighted by molar-refractivity contribution is 5.80. The second-order valence-electron chi connectivity index (χ2n) is 9.50. The lowest BCUT2D eigenvalue weighted by Crippen LogP contribution is -2.56. The molecular formula is C27H39N5O. The number of pyridine rings is 1. The fourth-order valence-corrected chi connectivity index (χ4v) is 5.55. The van der Waals surface area contributed by atoms with Crippen LogP contribution < -0.4 is 10.9 Å². The summed E-state index contributed by atoms with van der Waals surface area (Å²) in [5, 5.41) is 3.58. The predicted octanol–water partition coefficient (Wildman–Crippen LogP) is 3.50. The molecule has 1 N–H and O–H groups in total. The Balaban J connectivity index is 1.24. The van der Waals surface area contributed by atoms with Crippen LogP contribution in [0.25, 0.3) is 0 Å². The molecule has 6 heteroatoms. The lowest BCUT2D eigenvalue weighted by molar-refractivity contribution is 0.0372. The highest BCUT2D eigenvalue weighted by Gasteiger charge is 2.36. The summed E-state index contributed by atoms with van der Waals surface area (Å²) < 4.78 is 1.86. The zero-order valence-electron chi connectivity index (χ0n) is 20.2. The van der Waals surface area contributed by atoms with Crippen LogP contribution in [0.4, 0.5) is 0 Å². The number of unbranched alkanes of at least 4 members (excludes halogenated alkanes) is 1. The minimum Gasteiger partial charge on any atom is -0.356 e. The second-order valence-corrected chi connectivity index (χ2v) is 9.50. The summed E-state index contributed by atoms with van der Waals surface area (Å²) in [4.78, 5) is 21.8. The average molecular weight is 450 g/mol. The lowest BCUT2D eigenvalue weighted by Gasteiger charge is -2.48. The Morgan fingerprint density at radius 1 is 1.06 bits per heavy atom. The highest BCUT2D eigenvalue weighted by Crippen LogP contribution is 2.31. The first kappa shape index (κ1) is 23.6. The fourth-order valence-electron chi connectivity index (χ4n) is 5.55. The van der Waals surface area contributed by atoms with Crippen molar-refractivity contribution >= 4 is 5.96 Å². The fraction of sp³-hybridized carbons (Fsp3) is 0.556. The number of piperidine rings is 2. The van der Waals surface area contributed by atoms with Crippen molar-refractivity contribution in [3.05, 3.63) is 70.1 Å². The number of hydrogen-bond acceptors (Lipinski definition) is 3. The van der Waals surface area contributed by atoms with Crippen molar-refractivity contribution in [3.8, 4) is 0 Å². The molecule has 1 aromatic carbocycles. The summed E-state index contributed by atoms with van der Waals surface area (Å²) in [6, 6.07) is 17.0. The highest BCUT2D eigenvalue weighted by atomic mass is 16.1. The van der Waals surface area contributed by atoms with Gasteiger partial charge in [-0.25, -0.2) is 0 Å². The van der Waals surface area contributed by atoms with Gasteiger partial charge in [0.1, 0.15) is 0 Å². The van der Waals surface area contributed by atoms with Gasteiger partial charge in [-0.05, 0) is 63.1 Å². The Hall–Kier alpha value is -2.60. The molecule has 6 nitrogen and oxygen atoms in total. The Morgan fingerprint density at radius 2 is 1.91 bits per heavy atom. The minimum absolute atomic E-state index is 0.0930. The van der Waals surface area contributed by atoms with E-state index in [0.717, 1.165) is 57.2 Å². The SMILES string of the molecule is CN=C(NCCCCn1c(C)cccc1=O)N1CCC2C(CCCN2Cc2ccccc2)C1. The smallest absolute Gasteiger partial charge is 0.250 e. The van der Waals surface area contributed by atoms with Gasteiger partial charge in [0.15, 0.2) is 5.96 Å². The predicted molar refractivity (Wildman–Crippen MR) is 136 cm³/mol. The maximum atomic E-state index is 12.0. The number of nitrogens with one attached hydrogen (secondary N) is 1. The van der Waals surface area contributed by atoms with Gasteiger partial charge in [0.25, 0.3) is 5.56 Å². The van der Waals surface area contributed by atoms with E-state index in [0.29, 0.717) is 12.0 Å². The average Bonchev–Trinajstić information content (AvgIpc) is 2.83. The van der Waals surface area contributed by atoms with Crippen LogP contribution in [0.3, 0.4) is 0 Å². The van der Waals surface area contributed by atoms with Gasteiger partial charge in [-0.3, -0.25) is 14.7 Å². The van der Waals surface area contributed by atoms with Gasteiger partial charge < -0.3 is 14.8 Å². The van der Waals surface area contributed by atoms with Gasteiger partial charge in [-0.2, -0.15) is 0 Å². The first-order valence-corrected chi connectivity index (χ1v) is 12.6. The van der Waals surface area contributed by atoms with E-state index >= 15 is 0 Å². The molecule has 0 bridgehead atoms. The van der Waals surface area contributed by atoms with Gasteiger partial charge in [0.2, 0.25) is 0 Å². The summed E-state index contributed by atoms with van der Waals surface area (Å²) in [7, 11) is 1.89. The summed E-state index contributed by atoms with van der Waals surface area (Å²) in [5.74, 6) is 1.74. The molecule has 2 aliphatic heterocycles. The van der Waals surface area contributed by atoms with Crippen molar-refractivity contribution < 1.29 is 0 Å². The van der Waals surface area contributed by atoms with Crippen LogP contribution in [0.2, 0.25) is 0 Å². The van der Waals surface area contributed by atoms with Crippen molar-refractivity contribution in [2.24, 2.45) is 10.9 Å². The van der Waals surface area contributed by atoms with Crippen molar-refractivity contribution in [2.75, 3.05) is 33.2 Å². The molecule has 178 valence electrons. The Labute approximate surface area is 198 Å². The molecule has 2 saturated heterocycles. The van der Waals surface area contributed by atoms with Crippen LogP contribution in [0.5, 0.6) is 0 Å². The van der Waals surface area contributed by atoms with Crippen LogP contribution in [-0.2, 0) is 13.1 Å². The van der Waals surface area contributed by atoms with Gasteiger partial charge >= 0.3 is 0 Å². The van der Waals surface area contributed by atoms with Crippen molar-refractivity contribution in [1.82, 2.24) is 19.7 Å². The molecule has 4 rings (SSSR count). The number of aliphatic imine (C=N–C) groups is 1. The maximum Gasteiger partial charge on any atom is 0.250 e. The zero-order valence-corrected chi connectivity index (χ0v) is 20.2. The molecule has 0 amide bonds. The molecule has 2 aliphatic rings. The van der Waals surface area contributed by atoms with Gasteiger partial charge in [0, 0.05) is 57.6 Å². The molecule has 0 saturated carbocycles. The minimum atomic E-state index is 0.0930. The number of hydrogen-bond donors (Lipinski definition) is 1. The molecule has 0 spiro atoms. The van der Waals surface area contributed by atoms with Crippen LogP contribution in [0.1, 0.15) is 43.4 Å². The number of fused-ring (bicyclic) bond motifs is 1. The van der Waals surface area contributed by atoms with Crippen LogP contribution in [-0.4, -0.2) is 59.6 Å². The summed E-state index contributed by atoms with van der Waals surface area (Å²) in [6.07, 6.45) is 5.80. The standard InChI is InChI=1S/C27H39N5O/c1-22-10-8-14-26(33)32(22)18-7-6-16-29-27(28-2)31-19-15-25-24(21-31)13-9-17-30(25)20-23-11-4-3-5-12-23/h3-5,8,10-12,14,24-25H,6-7,9,13,15-21H2,1-2H3,(H,28,29). The lowest BCUT2D eigenvalue weighted by atomic mass is 9.83. The molecule has 2 aromatic rings. The third-order valence-corrected chi connectivity index (χ3v) is 7.28. The Bertz CT molecular complexity index is 970. The first-order valence-electron chi connectivity index (χ1n) is 12.6. The van der Waals surface area contributed by atoms with Crippen molar-refractivity contribution in [3.63, 3.8) is 0 Å². The summed E-state index contributed by atoms with van der Waals surface area (Å²) in [6.45, 7) is 8.09. The van der Waals surface area contributed by atoms with E-state index < -0.39 is 0 Å². The molecule has 0 radical (unpaired) electrons. The molecular weight excluding hydrogens is 410 g/mol. The zero-order chi connectivity index (χ0) is 23.0. The number of likely N-dealkylation sites (tertiary alicyclic amines) is 2. The van der Waals surface area contributed by atoms with E-state index in [4.69, 9.17) is 0 Å². The van der Waals surface area contributed by atoms with Crippen molar-refractivity contribution in [1.29, 1.82) is 0 Å². The number of guanidine groups is 1. The summed E-state index contributed by atoms with van der Waals surface area (Å²) in [5.41, 5.74) is 2.55. The van der Waals surface area contributed by atoms with Crippen LogP contribution in [0.15, 0.2) is 58.3 Å². The van der Waals surface area contributed by atoms with E-state index in [9.17, 15) is 4.79 Å². The van der Waals surface area contributed by atoms with Gasteiger partial charge in [-0.1, -0.05) is 36.4 Å². The van der Waals surface area contributed by atoms with Crippen LogP contribution in [0, 0.1) is 12.8 Å². The van der Waals surface area contributed by atoms with E-state index in [2.05, 4.69) is 50.4 Å². The van der Waals surface area contributed by atoms with E-state index in [1.54, 1.807) is 6.07 Å². The normalized spacial score (nSPS) is 21.6. The molecule has 3 heterocycles. The number of nitrogens with zero attached hydrogens (tertiary/aromatic N) is 4. The Kier molecular flexibility index (Phi) is 8.21. The monoisotopic (exact) mass is 449 g/mol. The topological polar surface area (TPSA) is 52.9 Å². The number of rotatable bonds is 7. The van der Waals surface area contributed by atoms with Gasteiger partial charge in [0.05, 0.1) is 0 Å². The molecule has 2 atom stereocenters.